The standard InChI is InChI=1S/C13H15F3N2O2/c14-13(15,16)10-3-1-9(2-4-10)11(19)18-8-12(20)5-6-17-7-12/h1-4,17,20H,5-8H2,(H,18,19)/t12-/m1/s1. The van der Waals surface area contributed by atoms with Gasteiger partial charge in [-0.05, 0) is 37.2 Å². The van der Waals surface area contributed by atoms with Crippen molar-refractivity contribution in [2.24, 2.45) is 0 Å². The van der Waals surface area contributed by atoms with Crippen LogP contribution in [0.2, 0.25) is 0 Å². The molecule has 1 atom stereocenters. The third-order valence-electron chi connectivity index (χ3n) is 3.27. The molecule has 3 N–H and O–H groups in total. The molecular formula is C13H15F3N2O2. The van der Waals surface area contributed by atoms with E-state index in [4.69, 9.17) is 0 Å². The fourth-order valence-corrected chi connectivity index (χ4v) is 2.04. The molecular weight excluding hydrogens is 273 g/mol. The summed E-state index contributed by atoms with van der Waals surface area (Å²) in [5.41, 5.74) is -1.65. The van der Waals surface area contributed by atoms with Crippen LogP contribution in [0.15, 0.2) is 24.3 Å². The predicted molar refractivity (Wildman–Crippen MR) is 66.2 cm³/mol. The number of carbonyl (C=O) groups is 1. The second-order valence-corrected chi connectivity index (χ2v) is 4.91. The quantitative estimate of drug-likeness (QED) is 0.782. The third-order valence-corrected chi connectivity index (χ3v) is 3.27. The Morgan fingerprint density at radius 3 is 2.50 bits per heavy atom. The molecule has 0 aromatic heterocycles. The molecule has 4 nitrogen and oxygen atoms in total. The van der Waals surface area contributed by atoms with Crippen LogP contribution in [0, 0.1) is 0 Å². The van der Waals surface area contributed by atoms with Gasteiger partial charge < -0.3 is 15.7 Å². The first kappa shape index (κ1) is 14.8. The second-order valence-electron chi connectivity index (χ2n) is 4.91. The van der Waals surface area contributed by atoms with Crippen molar-refractivity contribution in [3.8, 4) is 0 Å². The fraction of sp³-hybridized carbons (Fsp3) is 0.462. The highest BCUT2D eigenvalue weighted by Crippen LogP contribution is 2.29. The van der Waals surface area contributed by atoms with Crippen molar-refractivity contribution in [1.82, 2.24) is 10.6 Å². The average molecular weight is 288 g/mol. The minimum absolute atomic E-state index is 0.0693. The summed E-state index contributed by atoms with van der Waals surface area (Å²) < 4.78 is 37.1. The lowest BCUT2D eigenvalue weighted by atomic mass is 10.0. The van der Waals surface area contributed by atoms with E-state index in [-0.39, 0.29) is 12.1 Å². The lowest BCUT2D eigenvalue weighted by molar-refractivity contribution is -0.137. The van der Waals surface area contributed by atoms with Crippen LogP contribution in [0.1, 0.15) is 22.3 Å². The van der Waals surface area contributed by atoms with Gasteiger partial charge in [0, 0.05) is 18.7 Å². The zero-order valence-corrected chi connectivity index (χ0v) is 10.6. The maximum absolute atomic E-state index is 12.4. The molecule has 20 heavy (non-hydrogen) atoms. The van der Waals surface area contributed by atoms with Crippen LogP contribution < -0.4 is 10.6 Å². The molecule has 1 aromatic carbocycles. The van der Waals surface area contributed by atoms with E-state index in [1.165, 1.54) is 0 Å². The van der Waals surface area contributed by atoms with Gasteiger partial charge in [-0.15, -0.1) is 0 Å². The number of β-amino-alcohol motifs (C(OH)–C–C–N with tert-alkyl or cyclic N) is 1. The monoisotopic (exact) mass is 288 g/mol. The van der Waals surface area contributed by atoms with E-state index in [0.29, 0.717) is 19.5 Å². The number of carbonyl (C=O) groups excluding carboxylic acids is 1. The highest BCUT2D eigenvalue weighted by Gasteiger charge is 2.32. The molecule has 1 heterocycles. The minimum Gasteiger partial charge on any atom is -0.387 e. The smallest absolute Gasteiger partial charge is 0.387 e. The van der Waals surface area contributed by atoms with Crippen molar-refractivity contribution >= 4 is 5.91 Å². The molecule has 0 unspecified atom stereocenters. The molecule has 0 bridgehead atoms. The first-order valence-corrected chi connectivity index (χ1v) is 6.19. The zero-order valence-electron chi connectivity index (χ0n) is 10.6. The molecule has 1 aromatic rings. The number of hydrogen-bond acceptors (Lipinski definition) is 3. The van der Waals surface area contributed by atoms with Gasteiger partial charge in [-0.3, -0.25) is 4.79 Å². The maximum Gasteiger partial charge on any atom is 0.416 e. The second kappa shape index (κ2) is 5.41. The van der Waals surface area contributed by atoms with Crippen LogP contribution in [-0.4, -0.2) is 36.2 Å². The highest BCUT2D eigenvalue weighted by atomic mass is 19.4. The number of rotatable bonds is 3. The largest absolute Gasteiger partial charge is 0.416 e. The molecule has 1 fully saturated rings. The Morgan fingerprint density at radius 1 is 1.35 bits per heavy atom. The van der Waals surface area contributed by atoms with E-state index in [9.17, 15) is 23.1 Å². The molecule has 7 heteroatoms. The molecule has 1 aliphatic rings. The molecule has 2 rings (SSSR count). The number of benzene rings is 1. The molecule has 0 spiro atoms. The van der Waals surface area contributed by atoms with E-state index in [2.05, 4.69) is 10.6 Å². The van der Waals surface area contributed by atoms with E-state index >= 15 is 0 Å². The number of aliphatic hydroxyl groups is 1. The Balaban J connectivity index is 1.96. The third kappa shape index (κ3) is 3.49. The van der Waals surface area contributed by atoms with Crippen LogP contribution in [0.3, 0.4) is 0 Å². The van der Waals surface area contributed by atoms with Crippen LogP contribution in [0.25, 0.3) is 0 Å². The highest BCUT2D eigenvalue weighted by molar-refractivity contribution is 5.94. The zero-order chi connectivity index (χ0) is 14.8. The number of halogens is 3. The van der Waals surface area contributed by atoms with Crippen molar-refractivity contribution < 1.29 is 23.1 Å². The molecule has 1 amide bonds. The summed E-state index contributed by atoms with van der Waals surface area (Å²) >= 11 is 0. The lowest BCUT2D eigenvalue weighted by Gasteiger charge is -2.21. The molecule has 0 aliphatic carbocycles. The van der Waals surface area contributed by atoms with Crippen LogP contribution in [0.5, 0.6) is 0 Å². The Bertz CT molecular complexity index is 479. The number of hydrogen-bond donors (Lipinski definition) is 3. The first-order chi connectivity index (χ1) is 9.30. The van der Waals surface area contributed by atoms with Crippen molar-refractivity contribution in [2.45, 2.75) is 18.2 Å². The SMILES string of the molecule is O=C(NC[C@@]1(O)CCNC1)c1ccc(C(F)(F)F)cc1. The van der Waals surface area contributed by atoms with Crippen molar-refractivity contribution in [2.75, 3.05) is 19.6 Å². The summed E-state index contributed by atoms with van der Waals surface area (Å²) in [7, 11) is 0. The van der Waals surface area contributed by atoms with Crippen LogP contribution in [0.4, 0.5) is 13.2 Å². The molecule has 110 valence electrons. The van der Waals surface area contributed by atoms with Gasteiger partial charge in [0.25, 0.3) is 5.91 Å². The summed E-state index contributed by atoms with van der Waals surface area (Å²) in [4.78, 5) is 11.8. The Kier molecular flexibility index (Phi) is 4.01. The maximum atomic E-state index is 12.4. The molecule has 0 radical (unpaired) electrons. The lowest BCUT2D eigenvalue weighted by Crippen LogP contribution is -2.44. The Hall–Kier alpha value is -1.60. The molecule has 1 saturated heterocycles. The van der Waals surface area contributed by atoms with Crippen LogP contribution in [-0.2, 0) is 6.18 Å². The summed E-state index contributed by atoms with van der Waals surface area (Å²) in [6.07, 6.45) is -3.89. The van der Waals surface area contributed by atoms with Gasteiger partial charge in [0.1, 0.15) is 0 Å². The van der Waals surface area contributed by atoms with Gasteiger partial charge in [-0.25, -0.2) is 0 Å². The van der Waals surface area contributed by atoms with Gasteiger partial charge in [-0.1, -0.05) is 0 Å². The Labute approximate surface area is 114 Å². The van der Waals surface area contributed by atoms with Crippen molar-refractivity contribution in [3.05, 3.63) is 35.4 Å². The van der Waals surface area contributed by atoms with Gasteiger partial charge in [0.05, 0.1) is 11.2 Å². The number of amides is 1. The van der Waals surface area contributed by atoms with E-state index in [0.717, 1.165) is 24.3 Å². The topological polar surface area (TPSA) is 61.4 Å². The summed E-state index contributed by atoms with van der Waals surface area (Å²) in [6.45, 7) is 1.13. The first-order valence-electron chi connectivity index (χ1n) is 6.19. The van der Waals surface area contributed by atoms with Gasteiger partial charge >= 0.3 is 6.18 Å². The summed E-state index contributed by atoms with van der Waals surface area (Å²) in [6, 6.07) is 3.96. The van der Waals surface area contributed by atoms with Gasteiger partial charge in [-0.2, -0.15) is 13.2 Å². The fourth-order valence-electron chi connectivity index (χ4n) is 2.04. The van der Waals surface area contributed by atoms with E-state index in [1.54, 1.807) is 0 Å². The van der Waals surface area contributed by atoms with E-state index < -0.39 is 23.2 Å². The van der Waals surface area contributed by atoms with Gasteiger partial charge in [0.15, 0.2) is 0 Å². The molecule has 0 saturated carbocycles. The normalized spacial score (nSPS) is 22.8. The number of nitrogens with one attached hydrogen (secondary N) is 2. The van der Waals surface area contributed by atoms with Crippen molar-refractivity contribution in [3.63, 3.8) is 0 Å². The minimum atomic E-state index is -4.42. The van der Waals surface area contributed by atoms with Crippen molar-refractivity contribution in [1.29, 1.82) is 0 Å². The summed E-state index contributed by atoms with van der Waals surface area (Å²) in [5.74, 6) is -0.501. The van der Waals surface area contributed by atoms with Crippen LogP contribution >= 0.6 is 0 Å². The molecule has 1 aliphatic heterocycles. The predicted octanol–water partition coefficient (Wildman–Crippen LogP) is 1.16. The summed E-state index contributed by atoms with van der Waals surface area (Å²) in [5, 5.41) is 15.5. The van der Waals surface area contributed by atoms with Gasteiger partial charge in [0.2, 0.25) is 0 Å². The Morgan fingerprint density at radius 2 is 2.00 bits per heavy atom. The average Bonchev–Trinajstić information content (AvgIpc) is 2.83. The van der Waals surface area contributed by atoms with E-state index in [1.807, 2.05) is 0 Å². The number of alkyl halides is 3.